The molecule has 0 radical (unpaired) electrons. The van der Waals surface area contributed by atoms with Crippen molar-refractivity contribution in [1.82, 2.24) is 4.98 Å². The van der Waals surface area contributed by atoms with E-state index in [0.29, 0.717) is 53.4 Å². The first kappa shape index (κ1) is 33.6. The molecule has 3 aliphatic rings. The molecule has 0 bridgehead atoms. The van der Waals surface area contributed by atoms with Gasteiger partial charge in [-0.3, -0.25) is 14.4 Å². The summed E-state index contributed by atoms with van der Waals surface area (Å²) in [4.78, 5) is 49.8. The molecule has 264 valence electrons. The number of pyridine rings is 1. The van der Waals surface area contributed by atoms with E-state index in [1.165, 1.54) is 0 Å². The molecule has 3 aliphatic heterocycles. The number of anilines is 4. The van der Waals surface area contributed by atoms with Gasteiger partial charge in [-0.1, -0.05) is 18.2 Å². The molecule has 0 saturated carbocycles. The minimum atomic E-state index is -1.22. The van der Waals surface area contributed by atoms with E-state index in [4.69, 9.17) is 4.74 Å². The number of carbonyl (C=O) groups excluding carboxylic acids is 3. The van der Waals surface area contributed by atoms with Crippen molar-refractivity contribution in [3.8, 4) is 10.4 Å². The number of amides is 3. The molecule has 0 aliphatic carbocycles. The maximum absolute atomic E-state index is 14.2. The van der Waals surface area contributed by atoms with Crippen LogP contribution in [0.2, 0.25) is 0 Å². The minimum absolute atomic E-state index is 0.215. The number of hydrogen-bond donors (Lipinski definition) is 2. The van der Waals surface area contributed by atoms with Crippen LogP contribution in [0.5, 0.6) is 0 Å². The van der Waals surface area contributed by atoms with E-state index in [9.17, 15) is 27.6 Å². The van der Waals surface area contributed by atoms with Crippen LogP contribution >= 0.6 is 11.3 Å². The molecular weight excluding hydrogens is 692 g/mol. The quantitative estimate of drug-likeness (QED) is 0.188. The summed E-state index contributed by atoms with van der Waals surface area (Å²) in [5.74, 6) is -4.13. The summed E-state index contributed by atoms with van der Waals surface area (Å²) in [6, 6.07) is 20.2. The van der Waals surface area contributed by atoms with Crippen molar-refractivity contribution in [2.75, 3.05) is 53.3 Å². The molecule has 8 rings (SSSR count). The average molecular weight is 724 g/mol. The number of rotatable bonds is 6. The second-order valence-electron chi connectivity index (χ2n) is 13.3. The van der Waals surface area contributed by atoms with Gasteiger partial charge in [-0.2, -0.15) is 0 Å². The molecule has 1 spiro atoms. The highest BCUT2D eigenvalue weighted by atomic mass is 32.1. The fourth-order valence-electron chi connectivity index (χ4n) is 7.17. The number of halogens is 3. The van der Waals surface area contributed by atoms with Gasteiger partial charge in [0.2, 0.25) is 0 Å². The standard InChI is InChI=1S/C39H32F3N5O4S/c40-25-19-29(41)33(30(42)20-25)45-37(49)32-18-24-11-15-47(31-6-2-1-4-27(31)34(24)52-32)38(50)23-7-9-26(10-8-23)44-36(48)28-5-3-14-43-35(28)46-21-39(22-46)12-16-51-17-13-39/h1-10,14,18-20H,11-13,15-17,21-22H2,(H,44,48)(H,45,49). The van der Waals surface area contributed by atoms with Crippen LogP contribution in [0.1, 0.15) is 48.8 Å². The van der Waals surface area contributed by atoms with E-state index >= 15 is 0 Å². The number of ether oxygens (including phenoxy) is 1. The second kappa shape index (κ2) is 13.5. The Morgan fingerprint density at radius 3 is 2.33 bits per heavy atom. The third-order valence-electron chi connectivity index (χ3n) is 9.89. The lowest BCUT2D eigenvalue weighted by Crippen LogP contribution is -2.59. The zero-order valence-corrected chi connectivity index (χ0v) is 28.6. The third-order valence-corrected chi connectivity index (χ3v) is 11.1. The van der Waals surface area contributed by atoms with Crippen molar-refractivity contribution in [2.24, 2.45) is 5.41 Å². The van der Waals surface area contributed by atoms with Gasteiger partial charge in [-0.25, -0.2) is 18.2 Å². The number of fused-ring (bicyclic) bond motifs is 3. The third kappa shape index (κ3) is 6.30. The van der Waals surface area contributed by atoms with Gasteiger partial charge in [-0.15, -0.1) is 11.3 Å². The van der Waals surface area contributed by atoms with E-state index < -0.39 is 29.0 Å². The predicted octanol–water partition coefficient (Wildman–Crippen LogP) is 7.55. The number of hydrogen-bond acceptors (Lipinski definition) is 7. The van der Waals surface area contributed by atoms with Crippen LogP contribution in [0.4, 0.5) is 36.1 Å². The average Bonchev–Trinajstić information content (AvgIpc) is 3.50. The molecule has 0 atom stereocenters. The molecule has 2 saturated heterocycles. The van der Waals surface area contributed by atoms with Crippen molar-refractivity contribution < 1.29 is 32.3 Å². The van der Waals surface area contributed by atoms with Crippen LogP contribution in [0.15, 0.2) is 85.1 Å². The maximum Gasteiger partial charge on any atom is 0.265 e. The van der Waals surface area contributed by atoms with E-state index in [1.54, 1.807) is 53.6 Å². The Balaban J connectivity index is 0.967. The van der Waals surface area contributed by atoms with E-state index in [0.717, 1.165) is 66.5 Å². The van der Waals surface area contributed by atoms with Gasteiger partial charge < -0.3 is 25.2 Å². The molecule has 2 N–H and O–H groups in total. The number of thiophene rings is 1. The highest BCUT2D eigenvalue weighted by Crippen LogP contribution is 2.43. The lowest BCUT2D eigenvalue weighted by molar-refractivity contribution is -0.000510. The van der Waals surface area contributed by atoms with Crippen LogP contribution in [0, 0.1) is 22.9 Å². The summed E-state index contributed by atoms with van der Waals surface area (Å²) in [6.07, 6.45) is 4.12. The summed E-state index contributed by atoms with van der Waals surface area (Å²) in [5, 5.41) is 5.17. The van der Waals surface area contributed by atoms with E-state index in [-0.39, 0.29) is 22.1 Å². The van der Waals surface area contributed by atoms with Crippen LogP contribution < -0.4 is 20.4 Å². The van der Waals surface area contributed by atoms with Gasteiger partial charge in [0.1, 0.15) is 17.3 Å². The molecule has 3 aromatic carbocycles. The van der Waals surface area contributed by atoms with Crippen molar-refractivity contribution >= 4 is 51.9 Å². The number of nitrogens with zero attached hydrogens (tertiary/aromatic N) is 3. The van der Waals surface area contributed by atoms with E-state index in [2.05, 4.69) is 20.5 Å². The highest BCUT2D eigenvalue weighted by Gasteiger charge is 2.45. The summed E-state index contributed by atoms with van der Waals surface area (Å²) in [5.41, 5.74) is 3.10. The molecule has 9 nitrogen and oxygen atoms in total. The van der Waals surface area contributed by atoms with Crippen molar-refractivity contribution in [1.29, 1.82) is 0 Å². The summed E-state index contributed by atoms with van der Waals surface area (Å²) >= 11 is 1.14. The monoisotopic (exact) mass is 723 g/mol. The number of carbonyl (C=O) groups is 3. The van der Waals surface area contributed by atoms with Gasteiger partial charge in [-0.05, 0) is 73.4 Å². The highest BCUT2D eigenvalue weighted by molar-refractivity contribution is 7.17. The first-order chi connectivity index (χ1) is 25.2. The summed E-state index contributed by atoms with van der Waals surface area (Å²) < 4.78 is 47.4. The first-order valence-corrected chi connectivity index (χ1v) is 17.7. The van der Waals surface area contributed by atoms with Gasteiger partial charge in [0, 0.05) is 78.3 Å². The first-order valence-electron chi connectivity index (χ1n) is 16.9. The maximum atomic E-state index is 14.2. The summed E-state index contributed by atoms with van der Waals surface area (Å²) in [6.45, 7) is 3.51. The molecule has 3 amide bonds. The van der Waals surface area contributed by atoms with Gasteiger partial charge in [0.05, 0.1) is 16.1 Å². The molecule has 5 aromatic rings. The van der Waals surface area contributed by atoms with Crippen LogP contribution in [-0.2, 0) is 11.2 Å². The molecule has 52 heavy (non-hydrogen) atoms. The Hall–Kier alpha value is -5.53. The van der Waals surface area contributed by atoms with Gasteiger partial charge in [0.25, 0.3) is 17.7 Å². The fourth-order valence-corrected chi connectivity index (χ4v) is 8.31. The largest absolute Gasteiger partial charge is 0.381 e. The molecule has 2 fully saturated rings. The fraction of sp³-hybridized carbons (Fsp3) is 0.231. The van der Waals surface area contributed by atoms with Crippen molar-refractivity contribution in [2.45, 2.75) is 19.3 Å². The smallest absolute Gasteiger partial charge is 0.265 e. The Bertz CT molecular complexity index is 2190. The van der Waals surface area contributed by atoms with Crippen LogP contribution in [-0.4, -0.2) is 55.6 Å². The lowest BCUT2D eigenvalue weighted by Gasteiger charge is -2.53. The second-order valence-corrected chi connectivity index (χ2v) is 14.3. The zero-order valence-electron chi connectivity index (χ0n) is 27.8. The summed E-state index contributed by atoms with van der Waals surface area (Å²) in [7, 11) is 0. The number of nitrogens with one attached hydrogen (secondary N) is 2. The van der Waals surface area contributed by atoms with Gasteiger partial charge >= 0.3 is 0 Å². The minimum Gasteiger partial charge on any atom is -0.381 e. The number of aromatic nitrogens is 1. The number of benzene rings is 3. The van der Waals surface area contributed by atoms with E-state index in [1.807, 2.05) is 24.3 Å². The van der Waals surface area contributed by atoms with Crippen molar-refractivity contribution in [3.05, 3.63) is 124 Å². The topological polar surface area (TPSA) is 104 Å². The molecule has 0 unspecified atom stereocenters. The molecule has 13 heteroatoms. The number of para-hydroxylation sites is 1. The molecule has 5 heterocycles. The SMILES string of the molecule is O=C(Nc1c(F)cc(F)cc1F)c1cc2c(s1)-c1ccccc1N(C(=O)c1ccc(NC(=O)c3cccnc3N3CC4(CCOCC4)C3)cc1)CC2. The lowest BCUT2D eigenvalue weighted by atomic mass is 9.73. The zero-order chi connectivity index (χ0) is 36.0. The normalized spacial score (nSPS) is 16.0. The Morgan fingerprint density at radius 2 is 1.58 bits per heavy atom. The van der Waals surface area contributed by atoms with Gasteiger partial charge in [0.15, 0.2) is 11.6 Å². The predicted molar refractivity (Wildman–Crippen MR) is 193 cm³/mol. The van der Waals surface area contributed by atoms with Crippen LogP contribution in [0.25, 0.3) is 10.4 Å². The Kier molecular flexibility index (Phi) is 8.76. The molecule has 2 aromatic heterocycles. The van der Waals surface area contributed by atoms with Crippen LogP contribution in [0.3, 0.4) is 0 Å². The Labute approximate surface area is 301 Å². The molecular formula is C39H32F3N5O4S. The Morgan fingerprint density at radius 1 is 0.846 bits per heavy atom. The van der Waals surface area contributed by atoms with Crippen molar-refractivity contribution in [3.63, 3.8) is 0 Å².